The molecule has 0 aliphatic carbocycles. The van der Waals surface area contributed by atoms with Crippen molar-refractivity contribution in [3.8, 4) is 0 Å². The first-order valence-electron chi connectivity index (χ1n) is 5.15. The van der Waals surface area contributed by atoms with Gasteiger partial charge in [0.2, 0.25) is 0 Å². The van der Waals surface area contributed by atoms with Crippen LogP contribution in [0.3, 0.4) is 0 Å². The largest absolute Gasteiger partial charge is 0.317 e. The van der Waals surface area contributed by atoms with Crippen LogP contribution in [-0.4, -0.2) is 13.1 Å². The van der Waals surface area contributed by atoms with Crippen molar-refractivity contribution in [1.29, 1.82) is 0 Å². The van der Waals surface area contributed by atoms with Crippen LogP contribution in [0, 0.1) is 17.6 Å². The maximum atomic E-state index is 13.3. The minimum atomic E-state index is -0.379. The van der Waals surface area contributed by atoms with E-state index in [9.17, 15) is 8.78 Å². The van der Waals surface area contributed by atoms with Gasteiger partial charge in [-0.15, -0.1) is 0 Å². The van der Waals surface area contributed by atoms with Gasteiger partial charge in [-0.1, -0.05) is 6.92 Å². The Hall–Kier alpha value is -0.960. The molecule has 84 valence electrons. The summed E-state index contributed by atoms with van der Waals surface area (Å²) in [4.78, 5) is 0. The maximum absolute atomic E-state index is 13.3. The van der Waals surface area contributed by atoms with Gasteiger partial charge in [-0.3, -0.25) is 0 Å². The molecule has 0 saturated heterocycles. The lowest BCUT2D eigenvalue weighted by Gasteiger charge is -2.19. The monoisotopic (exact) mass is 213 g/mol. The molecule has 0 spiro atoms. The van der Waals surface area contributed by atoms with E-state index in [0.29, 0.717) is 12.0 Å². The Kier molecular flexibility index (Phi) is 4.21. The Morgan fingerprint density at radius 2 is 1.93 bits per heavy atom. The number of halogens is 2. The number of rotatable bonds is 4. The van der Waals surface area contributed by atoms with Crippen molar-refractivity contribution in [2.45, 2.75) is 26.3 Å². The molecule has 1 aromatic carbocycles. The highest BCUT2D eigenvalue weighted by atomic mass is 19.1. The first-order chi connectivity index (χ1) is 7.04. The molecule has 2 atom stereocenters. The Bertz CT molecular complexity index is 325. The highest BCUT2D eigenvalue weighted by molar-refractivity contribution is 5.19. The summed E-state index contributed by atoms with van der Waals surface area (Å²) in [6.45, 7) is 4.05. The van der Waals surface area contributed by atoms with Gasteiger partial charge in [0.05, 0.1) is 0 Å². The average molecular weight is 213 g/mol. The van der Waals surface area contributed by atoms with E-state index >= 15 is 0 Å². The molecule has 0 aromatic heterocycles. The van der Waals surface area contributed by atoms with E-state index in [1.54, 1.807) is 0 Å². The highest BCUT2D eigenvalue weighted by Crippen LogP contribution is 2.16. The van der Waals surface area contributed by atoms with Crippen molar-refractivity contribution in [3.63, 3.8) is 0 Å². The van der Waals surface area contributed by atoms with E-state index < -0.39 is 0 Å². The van der Waals surface area contributed by atoms with Gasteiger partial charge in [-0.05, 0) is 50.1 Å². The molecular weight excluding hydrogens is 196 g/mol. The van der Waals surface area contributed by atoms with Crippen LogP contribution >= 0.6 is 0 Å². The topological polar surface area (TPSA) is 12.0 Å². The van der Waals surface area contributed by atoms with Crippen molar-refractivity contribution in [2.75, 3.05) is 7.05 Å². The molecule has 0 saturated carbocycles. The van der Waals surface area contributed by atoms with Crippen LogP contribution in [-0.2, 0) is 6.42 Å². The zero-order chi connectivity index (χ0) is 11.4. The van der Waals surface area contributed by atoms with Gasteiger partial charge in [0.1, 0.15) is 11.6 Å². The molecule has 3 heteroatoms. The molecular formula is C12H17F2N. The molecule has 0 aliphatic rings. The van der Waals surface area contributed by atoms with Crippen molar-refractivity contribution < 1.29 is 8.78 Å². The third kappa shape index (κ3) is 3.27. The van der Waals surface area contributed by atoms with Crippen molar-refractivity contribution >= 4 is 0 Å². The van der Waals surface area contributed by atoms with Gasteiger partial charge < -0.3 is 5.32 Å². The lowest BCUT2D eigenvalue weighted by atomic mass is 9.95. The van der Waals surface area contributed by atoms with Gasteiger partial charge in [0.25, 0.3) is 0 Å². The molecule has 0 fully saturated rings. The third-order valence-corrected chi connectivity index (χ3v) is 2.86. The van der Waals surface area contributed by atoms with E-state index in [-0.39, 0.29) is 23.6 Å². The molecule has 0 bridgehead atoms. The fourth-order valence-electron chi connectivity index (χ4n) is 1.51. The van der Waals surface area contributed by atoms with Gasteiger partial charge >= 0.3 is 0 Å². The predicted molar refractivity (Wildman–Crippen MR) is 57.7 cm³/mol. The van der Waals surface area contributed by atoms with Crippen LogP contribution in [0.2, 0.25) is 0 Å². The molecule has 2 unspecified atom stereocenters. The second-order valence-corrected chi connectivity index (χ2v) is 3.99. The van der Waals surface area contributed by atoms with E-state index in [4.69, 9.17) is 0 Å². The van der Waals surface area contributed by atoms with Crippen LogP contribution in [0.5, 0.6) is 0 Å². The van der Waals surface area contributed by atoms with Crippen LogP contribution in [0.15, 0.2) is 18.2 Å². The zero-order valence-corrected chi connectivity index (χ0v) is 9.35. The summed E-state index contributed by atoms with van der Waals surface area (Å²) in [5.74, 6) is -0.437. The van der Waals surface area contributed by atoms with E-state index in [1.165, 1.54) is 12.1 Å². The molecule has 0 aliphatic heterocycles. The van der Waals surface area contributed by atoms with Crippen molar-refractivity contribution in [3.05, 3.63) is 35.4 Å². The van der Waals surface area contributed by atoms with Crippen LogP contribution in [0.4, 0.5) is 8.78 Å². The van der Waals surface area contributed by atoms with Crippen molar-refractivity contribution in [2.24, 2.45) is 5.92 Å². The van der Waals surface area contributed by atoms with E-state index in [2.05, 4.69) is 5.32 Å². The van der Waals surface area contributed by atoms with E-state index in [1.807, 2.05) is 20.9 Å². The molecule has 0 amide bonds. The lowest BCUT2D eigenvalue weighted by molar-refractivity contribution is 0.416. The highest BCUT2D eigenvalue weighted by Gasteiger charge is 2.13. The molecule has 1 nitrogen and oxygen atoms in total. The summed E-state index contributed by atoms with van der Waals surface area (Å²) in [6.07, 6.45) is 0.547. The normalized spacial score (nSPS) is 15.0. The number of hydrogen-bond acceptors (Lipinski definition) is 1. The smallest absolute Gasteiger partial charge is 0.126 e. The van der Waals surface area contributed by atoms with Gasteiger partial charge in [-0.2, -0.15) is 0 Å². The summed E-state index contributed by atoms with van der Waals surface area (Å²) in [5, 5.41) is 3.10. The van der Waals surface area contributed by atoms with Crippen LogP contribution in [0.25, 0.3) is 0 Å². The molecule has 15 heavy (non-hydrogen) atoms. The first-order valence-corrected chi connectivity index (χ1v) is 5.15. The van der Waals surface area contributed by atoms with Gasteiger partial charge in [0, 0.05) is 6.04 Å². The maximum Gasteiger partial charge on any atom is 0.126 e. The molecule has 0 radical (unpaired) electrons. The Morgan fingerprint density at radius 1 is 1.27 bits per heavy atom. The number of benzene rings is 1. The second-order valence-electron chi connectivity index (χ2n) is 3.99. The fraction of sp³-hybridized carbons (Fsp3) is 0.500. The molecule has 1 aromatic rings. The fourth-order valence-corrected chi connectivity index (χ4v) is 1.51. The number of nitrogens with one attached hydrogen (secondary N) is 1. The lowest BCUT2D eigenvalue weighted by Crippen LogP contribution is -2.30. The summed E-state index contributed by atoms with van der Waals surface area (Å²) < 4.78 is 26.2. The SMILES string of the molecule is CNC(C)C(C)Cc1cc(F)ccc1F. The summed E-state index contributed by atoms with van der Waals surface area (Å²) in [6, 6.07) is 3.88. The van der Waals surface area contributed by atoms with Gasteiger partial charge in [0.15, 0.2) is 0 Å². The standard InChI is InChI=1S/C12H17F2N/c1-8(9(2)15-3)6-10-7-11(13)4-5-12(10)14/h4-5,7-9,15H,6H2,1-3H3. The van der Waals surface area contributed by atoms with Crippen LogP contribution in [0.1, 0.15) is 19.4 Å². The Balaban J connectivity index is 2.75. The summed E-state index contributed by atoms with van der Waals surface area (Å²) >= 11 is 0. The summed E-state index contributed by atoms with van der Waals surface area (Å²) in [5.41, 5.74) is 0.449. The Morgan fingerprint density at radius 3 is 2.53 bits per heavy atom. The third-order valence-electron chi connectivity index (χ3n) is 2.86. The average Bonchev–Trinajstić information content (AvgIpc) is 2.22. The van der Waals surface area contributed by atoms with Gasteiger partial charge in [-0.25, -0.2) is 8.78 Å². The minimum absolute atomic E-state index is 0.270. The van der Waals surface area contributed by atoms with E-state index in [0.717, 1.165) is 6.07 Å². The minimum Gasteiger partial charge on any atom is -0.317 e. The first kappa shape index (κ1) is 12.1. The molecule has 1 rings (SSSR count). The van der Waals surface area contributed by atoms with Crippen LogP contribution < -0.4 is 5.32 Å². The summed E-state index contributed by atoms with van der Waals surface area (Å²) in [7, 11) is 1.86. The number of hydrogen-bond donors (Lipinski definition) is 1. The predicted octanol–water partition coefficient (Wildman–Crippen LogP) is 2.75. The molecule has 1 N–H and O–H groups in total. The van der Waals surface area contributed by atoms with Crippen molar-refractivity contribution in [1.82, 2.24) is 5.32 Å². The second kappa shape index (κ2) is 5.21. The Labute approximate surface area is 89.5 Å². The quantitative estimate of drug-likeness (QED) is 0.811. The molecule has 0 heterocycles. The zero-order valence-electron chi connectivity index (χ0n) is 9.35.